The summed E-state index contributed by atoms with van der Waals surface area (Å²) in [6.45, 7) is 11.2. The zero-order chi connectivity index (χ0) is 13.4. The maximum Gasteiger partial charge on any atom is 0.0958 e. The third-order valence-corrected chi connectivity index (χ3v) is 3.06. The standard InChI is InChI=1S/C16H24N2/c1-5-8-10-14(4)11-12-18-13-17-15(7-3)16(18)9-6-2/h5-9,13-14H,3,10-12H2,1-2,4H3. The molecule has 1 rings (SSSR count). The van der Waals surface area contributed by atoms with Gasteiger partial charge in [-0.3, -0.25) is 0 Å². The number of nitrogens with zero attached hydrogens (tertiary/aromatic N) is 2. The smallest absolute Gasteiger partial charge is 0.0958 e. The van der Waals surface area contributed by atoms with Crippen molar-refractivity contribution in [2.45, 2.75) is 40.2 Å². The van der Waals surface area contributed by atoms with Gasteiger partial charge in [0.15, 0.2) is 0 Å². The van der Waals surface area contributed by atoms with Gasteiger partial charge >= 0.3 is 0 Å². The first-order chi connectivity index (χ1) is 8.72. The topological polar surface area (TPSA) is 17.8 Å². The van der Waals surface area contributed by atoms with E-state index in [0.29, 0.717) is 5.92 Å². The van der Waals surface area contributed by atoms with Crippen molar-refractivity contribution in [1.29, 1.82) is 0 Å². The Hall–Kier alpha value is -1.57. The van der Waals surface area contributed by atoms with Crippen LogP contribution in [0.25, 0.3) is 12.2 Å². The van der Waals surface area contributed by atoms with E-state index in [0.717, 1.165) is 24.4 Å². The molecule has 1 atom stereocenters. The zero-order valence-corrected chi connectivity index (χ0v) is 11.8. The zero-order valence-electron chi connectivity index (χ0n) is 11.8. The first-order valence-corrected chi connectivity index (χ1v) is 6.64. The molecule has 98 valence electrons. The highest BCUT2D eigenvalue weighted by Crippen LogP contribution is 2.15. The maximum absolute atomic E-state index is 4.37. The third kappa shape index (κ3) is 4.02. The van der Waals surface area contributed by atoms with Crippen LogP contribution in [-0.4, -0.2) is 9.55 Å². The maximum atomic E-state index is 4.37. The second kappa shape index (κ2) is 7.70. The van der Waals surface area contributed by atoms with E-state index in [4.69, 9.17) is 0 Å². The fourth-order valence-corrected chi connectivity index (χ4v) is 1.93. The van der Waals surface area contributed by atoms with Crippen LogP contribution in [0.3, 0.4) is 0 Å². The molecule has 0 fully saturated rings. The van der Waals surface area contributed by atoms with Gasteiger partial charge in [-0.1, -0.05) is 31.7 Å². The quantitative estimate of drug-likeness (QED) is 0.643. The third-order valence-electron chi connectivity index (χ3n) is 3.06. The minimum Gasteiger partial charge on any atom is -0.331 e. The van der Waals surface area contributed by atoms with Crippen molar-refractivity contribution in [3.63, 3.8) is 0 Å². The van der Waals surface area contributed by atoms with Crippen LogP contribution in [-0.2, 0) is 6.54 Å². The molecule has 0 amide bonds. The van der Waals surface area contributed by atoms with Gasteiger partial charge in [0.2, 0.25) is 0 Å². The lowest BCUT2D eigenvalue weighted by molar-refractivity contribution is 0.484. The number of aryl methyl sites for hydroxylation is 1. The summed E-state index contributed by atoms with van der Waals surface area (Å²) in [4.78, 5) is 4.37. The van der Waals surface area contributed by atoms with Crippen LogP contribution in [0, 0.1) is 5.92 Å². The first-order valence-electron chi connectivity index (χ1n) is 6.64. The van der Waals surface area contributed by atoms with Gasteiger partial charge < -0.3 is 4.57 Å². The van der Waals surface area contributed by atoms with E-state index in [2.05, 4.69) is 48.2 Å². The summed E-state index contributed by atoms with van der Waals surface area (Å²) >= 11 is 0. The van der Waals surface area contributed by atoms with E-state index in [1.165, 1.54) is 6.42 Å². The molecule has 1 unspecified atom stereocenters. The normalized spacial score (nSPS) is 13.5. The summed E-state index contributed by atoms with van der Waals surface area (Å²) < 4.78 is 2.21. The molecule has 0 saturated carbocycles. The van der Waals surface area contributed by atoms with Crippen LogP contribution in [0.5, 0.6) is 0 Å². The highest BCUT2D eigenvalue weighted by atomic mass is 15.0. The Morgan fingerprint density at radius 2 is 2.17 bits per heavy atom. The highest BCUT2D eigenvalue weighted by molar-refractivity contribution is 5.58. The van der Waals surface area contributed by atoms with Crippen LogP contribution in [0.15, 0.2) is 31.1 Å². The van der Waals surface area contributed by atoms with Gasteiger partial charge in [-0.25, -0.2) is 4.98 Å². The summed E-state index contributed by atoms with van der Waals surface area (Å²) in [5.74, 6) is 0.703. The van der Waals surface area contributed by atoms with E-state index < -0.39 is 0 Å². The minimum atomic E-state index is 0.703. The molecule has 2 heteroatoms. The fraction of sp³-hybridized carbons (Fsp3) is 0.438. The molecule has 18 heavy (non-hydrogen) atoms. The minimum absolute atomic E-state index is 0.703. The van der Waals surface area contributed by atoms with Crippen LogP contribution >= 0.6 is 0 Å². The SMILES string of the molecule is C=Cc1ncn(CCC(C)CC=CC)c1C=CC. The molecule has 1 heterocycles. The molecule has 0 aromatic carbocycles. The molecule has 0 saturated heterocycles. The predicted molar refractivity (Wildman–Crippen MR) is 80.2 cm³/mol. The van der Waals surface area contributed by atoms with Crippen molar-refractivity contribution >= 4 is 12.2 Å². The molecular formula is C16H24N2. The first kappa shape index (κ1) is 14.5. The molecule has 0 spiro atoms. The average molecular weight is 244 g/mol. The molecule has 0 aliphatic rings. The van der Waals surface area contributed by atoms with Crippen LogP contribution < -0.4 is 0 Å². The fourth-order valence-electron chi connectivity index (χ4n) is 1.93. The van der Waals surface area contributed by atoms with E-state index in [1.54, 1.807) is 0 Å². The molecule has 1 aromatic heterocycles. The van der Waals surface area contributed by atoms with E-state index in [-0.39, 0.29) is 0 Å². The molecule has 0 aliphatic heterocycles. The van der Waals surface area contributed by atoms with Crippen molar-refractivity contribution in [2.75, 3.05) is 0 Å². The molecule has 1 aromatic rings. The summed E-state index contributed by atoms with van der Waals surface area (Å²) in [6.07, 6.45) is 14.5. The summed E-state index contributed by atoms with van der Waals surface area (Å²) in [5.41, 5.74) is 2.12. The van der Waals surface area contributed by atoms with Crippen molar-refractivity contribution in [3.05, 3.63) is 42.5 Å². The summed E-state index contributed by atoms with van der Waals surface area (Å²) in [5, 5.41) is 0. The summed E-state index contributed by atoms with van der Waals surface area (Å²) in [7, 11) is 0. The predicted octanol–water partition coefficient (Wildman–Crippen LogP) is 4.55. The Morgan fingerprint density at radius 3 is 2.78 bits per heavy atom. The number of allylic oxidation sites excluding steroid dienone is 3. The Morgan fingerprint density at radius 1 is 1.39 bits per heavy atom. The Bertz CT molecular complexity index is 424. The van der Waals surface area contributed by atoms with Crippen molar-refractivity contribution in [1.82, 2.24) is 9.55 Å². The van der Waals surface area contributed by atoms with Gasteiger partial charge in [-0.2, -0.15) is 0 Å². The van der Waals surface area contributed by atoms with Gasteiger partial charge in [0, 0.05) is 6.54 Å². The lowest BCUT2D eigenvalue weighted by Gasteiger charge is -2.10. The molecular weight excluding hydrogens is 220 g/mol. The molecule has 2 nitrogen and oxygen atoms in total. The molecule has 0 aliphatic carbocycles. The average Bonchev–Trinajstić information content (AvgIpc) is 2.76. The number of hydrogen-bond donors (Lipinski definition) is 0. The Balaban J connectivity index is 2.67. The number of imidazole rings is 1. The molecule has 0 radical (unpaired) electrons. The number of hydrogen-bond acceptors (Lipinski definition) is 1. The van der Waals surface area contributed by atoms with Gasteiger partial charge in [0.1, 0.15) is 0 Å². The van der Waals surface area contributed by atoms with Crippen LogP contribution in [0.2, 0.25) is 0 Å². The van der Waals surface area contributed by atoms with Crippen LogP contribution in [0.1, 0.15) is 45.0 Å². The van der Waals surface area contributed by atoms with E-state index in [9.17, 15) is 0 Å². The van der Waals surface area contributed by atoms with Gasteiger partial charge in [0.25, 0.3) is 0 Å². The lowest BCUT2D eigenvalue weighted by atomic mass is 10.0. The second-order valence-electron chi connectivity index (χ2n) is 4.61. The molecule has 0 N–H and O–H groups in total. The van der Waals surface area contributed by atoms with Crippen molar-refractivity contribution < 1.29 is 0 Å². The van der Waals surface area contributed by atoms with Crippen molar-refractivity contribution in [3.8, 4) is 0 Å². The lowest BCUT2D eigenvalue weighted by Crippen LogP contribution is -2.04. The Labute approximate surface area is 111 Å². The van der Waals surface area contributed by atoms with Crippen molar-refractivity contribution in [2.24, 2.45) is 5.92 Å². The highest BCUT2D eigenvalue weighted by Gasteiger charge is 2.06. The number of rotatable bonds is 7. The molecule has 0 bridgehead atoms. The van der Waals surface area contributed by atoms with Gasteiger partial charge in [-0.05, 0) is 44.8 Å². The van der Waals surface area contributed by atoms with Crippen LogP contribution in [0.4, 0.5) is 0 Å². The van der Waals surface area contributed by atoms with Gasteiger partial charge in [0.05, 0.1) is 17.7 Å². The van der Waals surface area contributed by atoms with E-state index in [1.807, 2.05) is 25.4 Å². The Kier molecular flexibility index (Phi) is 6.20. The summed E-state index contributed by atoms with van der Waals surface area (Å²) in [6, 6.07) is 0. The monoisotopic (exact) mass is 244 g/mol. The van der Waals surface area contributed by atoms with E-state index >= 15 is 0 Å². The second-order valence-corrected chi connectivity index (χ2v) is 4.61. The largest absolute Gasteiger partial charge is 0.331 e. The number of aromatic nitrogens is 2. The van der Waals surface area contributed by atoms with Gasteiger partial charge in [-0.15, -0.1) is 0 Å².